The van der Waals surface area contributed by atoms with Crippen molar-refractivity contribution in [2.75, 3.05) is 13.1 Å². The van der Waals surface area contributed by atoms with E-state index in [1.807, 2.05) is 18.7 Å². The summed E-state index contributed by atoms with van der Waals surface area (Å²) in [7, 11) is 0. The van der Waals surface area contributed by atoms with E-state index < -0.39 is 0 Å². The van der Waals surface area contributed by atoms with Crippen molar-refractivity contribution in [1.82, 2.24) is 4.90 Å². The SMILES string of the molecule is Cc1cc(C)c(C(=O)N2CCCCC2)c(C)c1. The number of carbonyl (C=O) groups is 1. The average molecular weight is 231 g/mol. The van der Waals surface area contributed by atoms with Crippen molar-refractivity contribution < 1.29 is 4.79 Å². The first kappa shape index (κ1) is 12.2. The maximum absolute atomic E-state index is 12.5. The van der Waals surface area contributed by atoms with Crippen LogP contribution in [0.1, 0.15) is 46.3 Å². The van der Waals surface area contributed by atoms with Crippen molar-refractivity contribution in [3.63, 3.8) is 0 Å². The van der Waals surface area contributed by atoms with Gasteiger partial charge in [0.05, 0.1) is 0 Å². The molecular formula is C15H21NO. The summed E-state index contributed by atoms with van der Waals surface area (Å²) < 4.78 is 0. The number of benzene rings is 1. The third-order valence-corrected chi connectivity index (χ3v) is 3.53. The molecule has 0 atom stereocenters. The maximum atomic E-state index is 12.5. The van der Waals surface area contributed by atoms with Crippen LogP contribution in [0.4, 0.5) is 0 Å². The molecule has 1 heterocycles. The van der Waals surface area contributed by atoms with E-state index in [9.17, 15) is 4.79 Å². The number of rotatable bonds is 1. The van der Waals surface area contributed by atoms with Crippen LogP contribution in [0.5, 0.6) is 0 Å². The van der Waals surface area contributed by atoms with E-state index in [1.165, 1.54) is 12.0 Å². The topological polar surface area (TPSA) is 20.3 Å². The van der Waals surface area contributed by atoms with Crippen molar-refractivity contribution in [2.45, 2.75) is 40.0 Å². The summed E-state index contributed by atoms with van der Waals surface area (Å²) in [4.78, 5) is 14.5. The van der Waals surface area contributed by atoms with Gasteiger partial charge < -0.3 is 4.90 Å². The first-order chi connectivity index (χ1) is 8.09. The summed E-state index contributed by atoms with van der Waals surface area (Å²) in [5.74, 6) is 0.222. The molecule has 17 heavy (non-hydrogen) atoms. The molecule has 1 amide bonds. The van der Waals surface area contributed by atoms with Crippen molar-refractivity contribution in [3.05, 3.63) is 34.4 Å². The monoisotopic (exact) mass is 231 g/mol. The summed E-state index contributed by atoms with van der Waals surface area (Å²) in [5, 5.41) is 0. The second-order valence-corrected chi connectivity index (χ2v) is 5.13. The number of likely N-dealkylation sites (tertiary alicyclic amines) is 1. The van der Waals surface area contributed by atoms with Gasteiger partial charge in [0.25, 0.3) is 5.91 Å². The third kappa shape index (κ3) is 2.51. The number of hydrogen-bond donors (Lipinski definition) is 0. The van der Waals surface area contributed by atoms with Crippen LogP contribution in [0.2, 0.25) is 0 Å². The van der Waals surface area contributed by atoms with Gasteiger partial charge in [-0.2, -0.15) is 0 Å². The van der Waals surface area contributed by atoms with Crippen molar-refractivity contribution >= 4 is 5.91 Å². The number of piperidine rings is 1. The number of carbonyl (C=O) groups excluding carboxylic acids is 1. The molecule has 0 aromatic heterocycles. The number of amides is 1. The van der Waals surface area contributed by atoms with Gasteiger partial charge in [-0.3, -0.25) is 4.79 Å². The van der Waals surface area contributed by atoms with Gasteiger partial charge in [0, 0.05) is 18.7 Å². The van der Waals surface area contributed by atoms with Crippen LogP contribution >= 0.6 is 0 Å². The molecule has 2 heteroatoms. The second kappa shape index (κ2) is 4.91. The molecule has 92 valence electrons. The number of nitrogens with zero attached hydrogens (tertiary/aromatic N) is 1. The molecule has 2 nitrogen and oxygen atoms in total. The quantitative estimate of drug-likeness (QED) is 0.726. The molecule has 1 aromatic rings. The normalized spacial score (nSPS) is 16.1. The second-order valence-electron chi connectivity index (χ2n) is 5.13. The Kier molecular flexibility index (Phi) is 3.51. The first-order valence-corrected chi connectivity index (χ1v) is 6.46. The third-order valence-electron chi connectivity index (χ3n) is 3.53. The van der Waals surface area contributed by atoms with Gasteiger partial charge in [-0.15, -0.1) is 0 Å². The highest BCUT2D eigenvalue weighted by molar-refractivity contribution is 5.97. The average Bonchev–Trinajstić information content (AvgIpc) is 2.28. The van der Waals surface area contributed by atoms with E-state index in [0.717, 1.165) is 42.6 Å². The standard InChI is InChI=1S/C15H21NO/c1-11-9-12(2)14(13(3)10-11)15(17)16-7-5-4-6-8-16/h9-10H,4-8H2,1-3H3. The first-order valence-electron chi connectivity index (χ1n) is 6.46. The van der Waals surface area contributed by atoms with Crippen LogP contribution in [-0.2, 0) is 0 Å². The van der Waals surface area contributed by atoms with Crippen molar-refractivity contribution in [3.8, 4) is 0 Å². The zero-order valence-electron chi connectivity index (χ0n) is 11.0. The predicted molar refractivity (Wildman–Crippen MR) is 70.4 cm³/mol. The van der Waals surface area contributed by atoms with Gasteiger partial charge in [0.2, 0.25) is 0 Å². The fourth-order valence-corrected chi connectivity index (χ4v) is 2.77. The number of aryl methyl sites for hydroxylation is 3. The molecule has 1 fully saturated rings. The van der Waals surface area contributed by atoms with E-state index in [4.69, 9.17) is 0 Å². The zero-order valence-corrected chi connectivity index (χ0v) is 11.0. The minimum absolute atomic E-state index is 0.222. The molecule has 0 aliphatic carbocycles. The van der Waals surface area contributed by atoms with E-state index >= 15 is 0 Å². The molecule has 0 unspecified atom stereocenters. The summed E-state index contributed by atoms with van der Waals surface area (Å²) in [6.07, 6.45) is 3.56. The fourth-order valence-electron chi connectivity index (χ4n) is 2.77. The van der Waals surface area contributed by atoms with E-state index in [2.05, 4.69) is 19.1 Å². The van der Waals surface area contributed by atoms with Crippen molar-refractivity contribution in [2.24, 2.45) is 0 Å². The lowest BCUT2D eigenvalue weighted by atomic mass is 9.98. The summed E-state index contributed by atoms with van der Waals surface area (Å²) in [6, 6.07) is 4.20. The largest absolute Gasteiger partial charge is 0.339 e. The molecule has 1 saturated heterocycles. The Hall–Kier alpha value is -1.31. The Morgan fingerprint density at radius 2 is 1.53 bits per heavy atom. The molecule has 0 spiro atoms. The van der Waals surface area contributed by atoms with E-state index in [-0.39, 0.29) is 5.91 Å². The van der Waals surface area contributed by atoms with Gasteiger partial charge in [-0.1, -0.05) is 17.7 Å². The molecule has 0 radical (unpaired) electrons. The van der Waals surface area contributed by atoms with Gasteiger partial charge in [0.1, 0.15) is 0 Å². The van der Waals surface area contributed by atoms with Gasteiger partial charge in [-0.05, 0) is 51.2 Å². The van der Waals surface area contributed by atoms with Gasteiger partial charge in [-0.25, -0.2) is 0 Å². The van der Waals surface area contributed by atoms with Crippen LogP contribution in [0.3, 0.4) is 0 Å². The summed E-state index contributed by atoms with van der Waals surface area (Å²) >= 11 is 0. The fraction of sp³-hybridized carbons (Fsp3) is 0.533. The molecule has 0 bridgehead atoms. The van der Waals surface area contributed by atoms with Crippen molar-refractivity contribution in [1.29, 1.82) is 0 Å². The molecule has 1 aromatic carbocycles. The van der Waals surface area contributed by atoms with E-state index in [0.29, 0.717) is 0 Å². The molecule has 1 aliphatic rings. The lowest BCUT2D eigenvalue weighted by molar-refractivity contribution is 0.0723. The maximum Gasteiger partial charge on any atom is 0.254 e. The Bertz CT molecular complexity index is 408. The highest BCUT2D eigenvalue weighted by Crippen LogP contribution is 2.20. The minimum atomic E-state index is 0.222. The predicted octanol–water partition coefficient (Wildman–Crippen LogP) is 3.24. The Labute approximate surface area is 104 Å². The highest BCUT2D eigenvalue weighted by atomic mass is 16.2. The number of hydrogen-bond acceptors (Lipinski definition) is 1. The molecule has 2 rings (SSSR count). The van der Waals surface area contributed by atoms with Crippen LogP contribution in [-0.4, -0.2) is 23.9 Å². The molecular weight excluding hydrogens is 210 g/mol. The minimum Gasteiger partial charge on any atom is -0.339 e. The van der Waals surface area contributed by atoms with Crippen LogP contribution in [0.25, 0.3) is 0 Å². The lowest BCUT2D eigenvalue weighted by Crippen LogP contribution is -2.36. The van der Waals surface area contributed by atoms with Crippen LogP contribution < -0.4 is 0 Å². The van der Waals surface area contributed by atoms with Gasteiger partial charge in [0.15, 0.2) is 0 Å². The molecule has 1 aliphatic heterocycles. The van der Waals surface area contributed by atoms with E-state index in [1.54, 1.807) is 0 Å². The van der Waals surface area contributed by atoms with Crippen LogP contribution in [0, 0.1) is 20.8 Å². The Balaban J connectivity index is 2.30. The van der Waals surface area contributed by atoms with Crippen LogP contribution in [0.15, 0.2) is 12.1 Å². The Morgan fingerprint density at radius 1 is 1.00 bits per heavy atom. The molecule has 0 saturated carbocycles. The Morgan fingerprint density at radius 3 is 2.06 bits per heavy atom. The summed E-state index contributed by atoms with van der Waals surface area (Å²) in [6.45, 7) is 8.00. The summed E-state index contributed by atoms with van der Waals surface area (Å²) in [5.41, 5.74) is 4.36. The lowest BCUT2D eigenvalue weighted by Gasteiger charge is -2.28. The smallest absolute Gasteiger partial charge is 0.254 e. The molecule has 0 N–H and O–H groups in total. The van der Waals surface area contributed by atoms with Gasteiger partial charge >= 0.3 is 0 Å². The zero-order chi connectivity index (χ0) is 12.4. The highest BCUT2D eigenvalue weighted by Gasteiger charge is 2.21.